The average Bonchev–Trinajstić information content (AvgIpc) is 2.74. The highest BCUT2D eigenvalue weighted by Crippen LogP contribution is 2.45. The fraction of sp³-hybridized carbons (Fsp3) is 0.609. The van der Waals surface area contributed by atoms with Crippen molar-refractivity contribution in [2.45, 2.75) is 57.5 Å². The smallest absolute Gasteiger partial charge is 0.271 e. The van der Waals surface area contributed by atoms with Gasteiger partial charge in [-0.05, 0) is 75.2 Å². The maximum absolute atomic E-state index is 11.2. The van der Waals surface area contributed by atoms with Gasteiger partial charge in [0.05, 0.1) is 11.0 Å². The molecule has 160 valence electrons. The molecule has 1 N–H and O–H groups in total. The van der Waals surface area contributed by atoms with Gasteiger partial charge in [0.2, 0.25) is 0 Å². The van der Waals surface area contributed by atoms with E-state index in [-0.39, 0.29) is 10.6 Å². The predicted molar refractivity (Wildman–Crippen MR) is 123 cm³/mol. The van der Waals surface area contributed by atoms with E-state index < -0.39 is 0 Å². The summed E-state index contributed by atoms with van der Waals surface area (Å²) in [5, 5.41) is 15.2. The number of piperidine rings is 3. The van der Waals surface area contributed by atoms with Gasteiger partial charge in [-0.25, -0.2) is 0 Å². The minimum atomic E-state index is -0.353. The van der Waals surface area contributed by atoms with Crippen LogP contribution in [0.25, 0.3) is 0 Å². The molecule has 1 aromatic rings. The molecule has 4 aliphatic rings. The Labute approximate surface area is 183 Å². The van der Waals surface area contributed by atoms with Crippen LogP contribution < -0.4 is 5.32 Å². The van der Waals surface area contributed by atoms with E-state index in [2.05, 4.69) is 21.2 Å². The highest BCUT2D eigenvalue weighted by Gasteiger charge is 2.46. The fourth-order valence-corrected chi connectivity index (χ4v) is 6.56. The molecule has 1 aliphatic carbocycles. The topological polar surface area (TPSA) is 61.7 Å². The number of hydrogen-bond donors (Lipinski definition) is 1. The van der Waals surface area contributed by atoms with Gasteiger partial charge in [-0.2, -0.15) is 0 Å². The molecule has 3 heterocycles. The molecule has 4 atom stereocenters. The quantitative estimate of drug-likeness (QED) is 0.325. The summed E-state index contributed by atoms with van der Waals surface area (Å²) in [6.45, 7) is 5.33. The number of nitro benzene ring substituents is 1. The molecular formula is C23H30N4O2S. The minimum absolute atomic E-state index is 0.0917. The van der Waals surface area contributed by atoms with Crippen LogP contribution in [0.4, 0.5) is 11.4 Å². The van der Waals surface area contributed by atoms with Gasteiger partial charge < -0.3 is 10.2 Å². The Morgan fingerprint density at radius 1 is 1.27 bits per heavy atom. The van der Waals surface area contributed by atoms with E-state index in [1.807, 2.05) is 6.92 Å². The van der Waals surface area contributed by atoms with Gasteiger partial charge in [-0.1, -0.05) is 24.1 Å². The van der Waals surface area contributed by atoms with Gasteiger partial charge in [0, 0.05) is 37.0 Å². The van der Waals surface area contributed by atoms with Gasteiger partial charge in [0.15, 0.2) is 5.11 Å². The average molecular weight is 427 g/mol. The summed E-state index contributed by atoms with van der Waals surface area (Å²) < 4.78 is 0. The normalized spacial score (nSPS) is 30.7. The summed E-state index contributed by atoms with van der Waals surface area (Å²) >= 11 is 5.86. The molecule has 0 unspecified atom stereocenters. The molecule has 0 aromatic heterocycles. The van der Waals surface area contributed by atoms with Crippen molar-refractivity contribution in [3.63, 3.8) is 0 Å². The van der Waals surface area contributed by atoms with Crippen LogP contribution in [0.3, 0.4) is 0 Å². The molecular weight excluding hydrogens is 396 g/mol. The van der Waals surface area contributed by atoms with E-state index >= 15 is 0 Å². The Morgan fingerprint density at radius 3 is 2.97 bits per heavy atom. The SMILES string of the molecule is Cc1ccc([N+](=O)[O-])cc1NC(=S)N1CCCC2=C[C@H]3C[C@H](CN4CCCC[C@H]34)[C@H]21. The van der Waals surface area contributed by atoms with Crippen molar-refractivity contribution in [1.29, 1.82) is 0 Å². The summed E-state index contributed by atoms with van der Waals surface area (Å²) in [7, 11) is 0. The van der Waals surface area contributed by atoms with Crippen LogP contribution in [0, 0.1) is 28.9 Å². The first-order valence-corrected chi connectivity index (χ1v) is 11.7. The monoisotopic (exact) mass is 426 g/mol. The highest BCUT2D eigenvalue weighted by molar-refractivity contribution is 7.80. The Kier molecular flexibility index (Phi) is 5.27. The number of benzene rings is 1. The van der Waals surface area contributed by atoms with Gasteiger partial charge in [-0.3, -0.25) is 15.0 Å². The lowest BCUT2D eigenvalue weighted by atomic mass is 9.68. The van der Waals surface area contributed by atoms with Gasteiger partial charge >= 0.3 is 0 Å². The number of hydrogen-bond acceptors (Lipinski definition) is 4. The van der Waals surface area contributed by atoms with Crippen molar-refractivity contribution in [3.8, 4) is 0 Å². The van der Waals surface area contributed by atoms with E-state index in [0.29, 0.717) is 23.0 Å². The van der Waals surface area contributed by atoms with E-state index in [0.717, 1.165) is 30.3 Å². The number of thiocarbonyl (C=S) groups is 1. The maximum atomic E-state index is 11.2. The van der Waals surface area contributed by atoms with Crippen LogP contribution in [0.15, 0.2) is 29.8 Å². The maximum Gasteiger partial charge on any atom is 0.271 e. The molecule has 0 spiro atoms. The summed E-state index contributed by atoms with van der Waals surface area (Å²) in [5.74, 6) is 1.33. The van der Waals surface area contributed by atoms with Crippen molar-refractivity contribution in [3.05, 3.63) is 45.5 Å². The molecule has 3 saturated heterocycles. The largest absolute Gasteiger partial charge is 0.342 e. The van der Waals surface area contributed by atoms with Crippen LogP contribution in [0.2, 0.25) is 0 Å². The van der Waals surface area contributed by atoms with Gasteiger partial charge in [0.25, 0.3) is 5.69 Å². The summed E-state index contributed by atoms with van der Waals surface area (Å²) in [6.07, 6.45) is 10.2. The van der Waals surface area contributed by atoms with Crippen molar-refractivity contribution >= 4 is 28.7 Å². The van der Waals surface area contributed by atoms with E-state index in [1.165, 1.54) is 45.2 Å². The predicted octanol–water partition coefficient (Wildman–Crippen LogP) is 4.50. The third-order valence-corrected chi connectivity index (χ3v) is 7.93. The Hall–Kier alpha value is -1.99. The summed E-state index contributed by atoms with van der Waals surface area (Å²) in [5.41, 5.74) is 3.37. The number of nitrogens with one attached hydrogen (secondary N) is 1. The number of nitrogens with zero attached hydrogens (tertiary/aromatic N) is 3. The van der Waals surface area contributed by atoms with Crippen LogP contribution in [-0.4, -0.2) is 51.6 Å². The van der Waals surface area contributed by atoms with Gasteiger partial charge in [-0.15, -0.1) is 0 Å². The molecule has 0 amide bonds. The van der Waals surface area contributed by atoms with Crippen molar-refractivity contribution in [1.82, 2.24) is 9.80 Å². The molecule has 1 aromatic carbocycles. The Bertz CT molecular complexity index is 901. The summed E-state index contributed by atoms with van der Waals surface area (Å²) in [4.78, 5) is 16.0. The van der Waals surface area contributed by atoms with Crippen molar-refractivity contribution in [2.24, 2.45) is 11.8 Å². The molecule has 0 radical (unpaired) electrons. The molecule has 3 fully saturated rings. The van der Waals surface area contributed by atoms with Crippen LogP contribution in [-0.2, 0) is 0 Å². The highest BCUT2D eigenvalue weighted by atomic mass is 32.1. The second kappa shape index (κ2) is 7.93. The molecule has 5 rings (SSSR count). The number of rotatable bonds is 2. The van der Waals surface area contributed by atoms with Crippen LogP contribution in [0.5, 0.6) is 0 Å². The zero-order valence-electron chi connectivity index (χ0n) is 17.5. The molecule has 7 heteroatoms. The summed E-state index contributed by atoms with van der Waals surface area (Å²) in [6, 6.07) is 6.04. The molecule has 3 aliphatic heterocycles. The number of anilines is 1. The second-order valence-electron chi connectivity index (χ2n) is 9.39. The third kappa shape index (κ3) is 3.52. The van der Waals surface area contributed by atoms with Crippen LogP contribution in [0.1, 0.15) is 44.1 Å². The zero-order chi connectivity index (χ0) is 20.8. The van der Waals surface area contributed by atoms with E-state index in [4.69, 9.17) is 12.2 Å². The van der Waals surface area contributed by atoms with E-state index in [9.17, 15) is 10.1 Å². The Balaban J connectivity index is 1.39. The van der Waals surface area contributed by atoms with Gasteiger partial charge in [0.1, 0.15) is 0 Å². The number of non-ortho nitro benzene ring substituents is 1. The number of fused-ring (bicyclic) bond motifs is 6. The lowest BCUT2D eigenvalue weighted by Gasteiger charge is -2.55. The lowest BCUT2D eigenvalue weighted by molar-refractivity contribution is -0.384. The first kappa shape index (κ1) is 19.9. The number of likely N-dealkylation sites (tertiary alicyclic amines) is 1. The second-order valence-corrected chi connectivity index (χ2v) is 9.77. The number of aryl methyl sites for hydroxylation is 1. The molecule has 6 nitrogen and oxygen atoms in total. The first-order chi connectivity index (χ1) is 14.5. The standard InChI is InChI=1S/C23H30N4O2S/c1-15-7-8-19(27(28)29)13-20(15)24-23(30)26-10-4-5-16-11-17-12-18(22(16)26)14-25-9-3-2-6-21(17)25/h7-8,11,13,17-18,21-22H,2-6,9-10,12,14H2,1H3,(H,24,30)/t17-,18+,21+,22-/m0/s1. The van der Waals surface area contributed by atoms with Crippen molar-refractivity contribution in [2.75, 3.05) is 25.0 Å². The third-order valence-electron chi connectivity index (χ3n) is 7.59. The minimum Gasteiger partial charge on any atom is -0.342 e. The fourth-order valence-electron chi connectivity index (χ4n) is 6.25. The van der Waals surface area contributed by atoms with Crippen molar-refractivity contribution < 1.29 is 4.92 Å². The zero-order valence-corrected chi connectivity index (χ0v) is 18.4. The molecule has 0 saturated carbocycles. The van der Waals surface area contributed by atoms with E-state index in [1.54, 1.807) is 23.8 Å². The number of nitro groups is 1. The molecule has 2 bridgehead atoms. The molecule has 30 heavy (non-hydrogen) atoms. The lowest BCUT2D eigenvalue weighted by Crippen LogP contribution is -2.60. The van der Waals surface area contributed by atoms with Crippen LogP contribution >= 0.6 is 12.2 Å². The Morgan fingerprint density at radius 2 is 2.13 bits per heavy atom. The first-order valence-electron chi connectivity index (χ1n) is 11.3.